The van der Waals surface area contributed by atoms with Crippen LogP contribution >= 0.6 is 0 Å². The number of benzene rings is 2. The summed E-state index contributed by atoms with van der Waals surface area (Å²) in [6, 6.07) is 9.33. The number of rotatable bonds is 10. The molecule has 0 aliphatic rings. The van der Waals surface area contributed by atoms with Crippen molar-refractivity contribution in [3.63, 3.8) is 0 Å². The van der Waals surface area contributed by atoms with Gasteiger partial charge in [0.2, 0.25) is 5.91 Å². The maximum atomic E-state index is 14.6. The zero-order valence-corrected chi connectivity index (χ0v) is 20.1. The number of nitrogens with one attached hydrogen (secondary N) is 1. The van der Waals surface area contributed by atoms with Crippen LogP contribution in [0.4, 0.5) is 10.1 Å². The van der Waals surface area contributed by atoms with E-state index in [1.807, 2.05) is 27.7 Å². The Hall–Kier alpha value is -2.81. The fraction of sp³-hybridized carbons (Fsp3) is 0.435. The van der Waals surface area contributed by atoms with Crippen LogP contribution in [0.15, 0.2) is 47.4 Å². The Morgan fingerprint density at radius 3 is 2.12 bits per heavy atom. The second-order valence-electron chi connectivity index (χ2n) is 8.06. The molecule has 0 aromatic heterocycles. The molecule has 1 N–H and O–H groups in total. The Balaban J connectivity index is 2.50. The van der Waals surface area contributed by atoms with Gasteiger partial charge in [0.25, 0.3) is 10.0 Å². The molecule has 1 amide bonds. The molecule has 0 saturated carbocycles. The molecule has 0 fully saturated rings. The highest BCUT2D eigenvalue weighted by Crippen LogP contribution is 2.32. The molecule has 0 unspecified atom stereocenters. The van der Waals surface area contributed by atoms with Crippen molar-refractivity contribution in [2.75, 3.05) is 25.1 Å². The molecule has 0 saturated heterocycles. The Kier molecular flexibility index (Phi) is 8.49. The number of hydrogen-bond acceptors (Lipinski definition) is 5. The zero-order chi connectivity index (χ0) is 24.1. The minimum atomic E-state index is -4.31. The van der Waals surface area contributed by atoms with E-state index in [1.54, 1.807) is 0 Å². The van der Waals surface area contributed by atoms with E-state index in [-0.39, 0.29) is 34.2 Å². The number of ether oxygens (including phenoxy) is 2. The van der Waals surface area contributed by atoms with Crippen molar-refractivity contribution in [3.05, 3.63) is 48.3 Å². The fourth-order valence-corrected chi connectivity index (χ4v) is 4.97. The number of anilines is 1. The van der Waals surface area contributed by atoms with Crippen LogP contribution < -0.4 is 19.1 Å². The number of halogens is 1. The Morgan fingerprint density at radius 1 is 1.00 bits per heavy atom. The SMILES string of the molecule is COc1ccc(S(=O)(=O)N(CC(=O)NC(C(C)C)C(C)C)c2ccccc2F)cc1OC. The van der Waals surface area contributed by atoms with Crippen molar-refractivity contribution in [2.24, 2.45) is 11.8 Å². The standard InChI is InChI=1S/C23H31FN2O5S/c1-15(2)23(16(3)4)25-22(27)14-26(19-10-8-7-9-18(19)24)32(28,29)17-11-12-20(30-5)21(13-17)31-6/h7-13,15-16,23H,14H2,1-6H3,(H,25,27). The average molecular weight is 467 g/mol. The summed E-state index contributed by atoms with van der Waals surface area (Å²) in [5.41, 5.74) is -0.219. The third-order valence-electron chi connectivity index (χ3n) is 5.12. The lowest BCUT2D eigenvalue weighted by Crippen LogP contribution is -2.48. The van der Waals surface area contributed by atoms with Crippen molar-refractivity contribution >= 4 is 21.6 Å². The molecular formula is C23H31FN2O5S. The van der Waals surface area contributed by atoms with Gasteiger partial charge in [-0.1, -0.05) is 39.8 Å². The van der Waals surface area contributed by atoms with Gasteiger partial charge in [-0.3, -0.25) is 9.10 Å². The van der Waals surface area contributed by atoms with E-state index in [4.69, 9.17) is 9.47 Å². The van der Waals surface area contributed by atoms with Crippen molar-refractivity contribution < 1.29 is 27.1 Å². The number of amides is 1. The van der Waals surface area contributed by atoms with Gasteiger partial charge >= 0.3 is 0 Å². The molecule has 32 heavy (non-hydrogen) atoms. The van der Waals surface area contributed by atoms with Crippen molar-refractivity contribution in [3.8, 4) is 11.5 Å². The van der Waals surface area contributed by atoms with Gasteiger partial charge in [-0.2, -0.15) is 0 Å². The highest BCUT2D eigenvalue weighted by Gasteiger charge is 2.31. The summed E-state index contributed by atoms with van der Waals surface area (Å²) in [6.45, 7) is 7.31. The van der Waals surface area contributed by atoms with Gasteiger partial charge in [0, 0.05) is 12.1 Å². The lowest BCUT2D eigenvalue weighted by molar-refractivity contribution is -0.121. The van der Waals surface area contributed by atoms with Crippen LogP contribution in [-0.4, -0.2) is 41.1 Å². The molecule has 0 atom stereocenters. The van der Waals surface area contributed by atoms with Gasteiger partial charge in [-0.05, 0) is 36.1 Å². The van der Waals surface area contributed by atoms with Crippen LogP contribution in [0.2, 0.25) is 0 Å². The van der Waals surface area contributed by atoms with E-state index in [0.29, 0.717) is 5.75 Å². The smallest absolute Gasteiger partial charge is 0.265 e. The second kappa shape index (κ2) is 10.7. The lowest BCUT2D eigenvalue weighted by Gasteiger charge is -2.29. The number of hydrogen-bond donors (Lipinski definition) is 1. The van der Waals surface area contributed by atoms with Gasteiger partial charge in [-0.25, -0.2) is 12.8 Å². The molecule has 2 aromatic carbocycles. The number of carbonyl (C=O) groups excluding carboxylic acids is 1. The molecule has 2 rings (SSSR count). The maximum Gasteiger partial charge on any atom is 0.265 e. The molecule has 0 radical (unpaired) electrons. The minimum absolute atomic E-state index is 0.142. The fourth-order valence-electron chi connectivity index (χ4n) is 3.52. The normalized spacial score (nSPS) is 11.7. The quantitative estimate of drug-likeness (QED) is 0.575. The summed E-state index contributed by atoms with van der Waals surface area (Å²) >= 11 is 0. The monoisotopic (exact) mass is 466 g/mol. The number of methoxy groups -OCH3 is 2. The van der Waals surface area contributed by atoms with Crippen LogP contribution in [0.3, 0.4) is 0 Å². The van der Waals surface area contributed by atoms with Crippen molar-refractivity contribution in [1.82, 2.24) is 5.32 Å². The van der Waals surface area contributed by atoms with Crippen molar-refractivity contribution in [1.29, 1.82) is 0 Å². The van der Waals surface area contributed by atoms with E-state index in [2.05, 4.69) is 5.32 Å². The predicted molar refractivity (Wildman–Crippen MR) is 122 cm³/mol. The second-order valence-corrected chi connectivity index (χ2v) is 9.92. The first-order valence-corrected chi connectivity index (χ1v) is 11.8. The maximum absolute atomic E-state index is 14.6. The highest BCUT2D eigenvalue weighted by molar-refractivity contribution is 7.92. The first-order valence-electron chi connectivity index (χ1n) is 10.3. The summed E-state index contributed by atoms with van der Waals surface area (Å²) in [7, 11) is -1.49. The molecule has 0 aliphatic carbocycles. The third-order valence-corrected chi connectivity index (χ3v) is 6.87. The summed E-state index contributed by atoms with van der Waals surface area (Å²) in [5.74, 6) is -0.450. The van der Waals surface area contributed by atoms with E-state index >= 15 is 0 Å². The molecule has 7 nitrogen and oxygen atoms in total. The average Bonchev–Trinajstić information content (AvgIpc) is 2.75. The van der Waals surface area contributed by atoms with Crippen LogP contribution in [0.25, 0.3) is 0 Å². The summed E-state index contributed by atoms with van der Waals surface area (Å²) in [4.78, 5) is 12.7. The number of carbonyl (C=O) groups is 1. The molecule has 0 heterocycles. The zero-order valence-electron chi connectivity index (χ0n) is 19.3. The van der Waals surface area contributed by atoms with Gasteiger partial charge in [-0.15, -0.1) is 0 Å². The highest BCUT2D eigenvalue weighted by atomic mass is 32.2. The van der Waals surface area contributed by atoms with Gasteiger partial charge in [0.05, 0.1) is 24.8 Å². The molecule has 9 heteroatoms. The van der Waals surface area contributed by atoms with Crippen LogP contribution in [-0.2, 0) is 14.8 Å². The third kappa shape index (κ3) is 5.70. The summed E-state index contributed by atoms with van der Waals surface area (Å²) in [6.07, 6.45) is 0. The first-order chi connectivity index (χ1) is 15.0. The van der Waals surface area contributed by atoms with Crippen LogP contribution in [0.5, 0.6) is 11.5 Å². The molecule has 0 bridgehead atoms. The molecule has 2 aromatic rings. The van der Waals surface area contributed by atoms with Crippen molar-refractivity contribution in [2.45, 2.75) is 38.6 Å². The predicted octanol–water partition coefficient (Wildman–Crippen LogP) is 3.84. The molecule has 176 valence electrons. The van der Waals surface area contributed by atoms with Crippen LogP contribution in [0, 0.1) is 17.7 Å². The topological polar surface area (TPSA) is 84.9 Å². The number of nitrogens with zero attached hydrogens (tertiary/aromatic N) is 1. The Labute approximate surface area is 189 Å². The summed E-state index contributed by atoms with van der Waals surface area (Å²) in [5, 5.41) is 2.89. The first kappa shape index (κ1) is 25.5. The van der Waals surface area contributed by atoms with E-state index in [0.717, 1.165) is 10.4 Å². The Bertz CT molecular complexity index is 1030. The number of para-hydroxylation sites is 1. The number of sulfonamides is 1. The van der Waals surface area contributed by atoms with Gasteiger partial charge in [0.15, 0.2) is 11.5 Å². The lowest BCUT2D eigenvalue weighted by atomic mass is 9.93. The minimum Gasteiger partial charge on any atom is -0.493 e. The van der Waals surface area contributed by atoms with Gasteiger partial charge in [0.1, 0.15) is 12.4 Å². The van der Waals surface area contributed by atoms with Gasteiger partial charge < -0.3 is 14.8 Å². The molecular weight excluding hydrogens is 435 g/mol. The molecule has 0 spiro atoms. The van der Waals surface area contributed by atoms with E-state index in [1.165, 1.54) is 50.6 Å². The van der Waals surface area contributed by atoms with E-state index in [9.17, 15) is 17.6 Å². The largest absolute Gasteiger partial charge is 0.493 e. The summed E-state index contributed by atoms with van der Waals surface area (Å²) < 4.78 is 52.8. The Morgan fingerprint density at radius 2 is 1.59 bits per heavy atom. The van der Waals surface area contributed by atoms with Crippen LogP contribution in [0.1, 0.15) is 27.7 Å². The molecule has 0 aliphatic heterocycles. The van der Waals surface area contributed by atoms with E-state index < -0.39 is 28.3 Å².